The molecule has 4 heteroatoms. The van der Waals surface area contributed by atoms with Crippen molar-refractivity contribution < 1.29 is 9.18 Å². The standard InChI is InChI=1S/C14H19FN2O/c15-12-5-2-1-4-11(12)14(7-8-14)10-17-13(18)6-3-9-16/h1-2,4-5H,3,6-10,16H2,(H,17,18). The first-order chi connectivity index (χ1) is 8.68. The van der Waals surface area contributed by atoms with E-state index in [0.29, 0.717) is 25.9 Å². The van der Waals surface area contributed by atoms with E-state index in [2.05, 4.69) is 5.32 Å². The van der Waals surface area contributed by atoms with E-state index in [4.69, 9.17) is 5.73 Å². The minimum absolute atomic E-state index is 0.00284. The van der Waals surface area contributed by atoms with Crippen LogP contribution in [0.5, 0.6) is 0 Å². The molecular formula is C14H19FN2O. The number of halogens is 1. The molecule has 0 bridgehead atoms. The molecule has 0 radical (unpaired) electrons. The summed E-state index contributed by atoms with van der Waals surface area (Å²) >= 11 is 0. The zero-order valence-corrected chi connectivity index (χ0v) is 10.4. The Hall–Kier alpha value is -1.42. The van der Waals surface area contributed by atoms with Crippen molar-refractivity contribution in [2.45, 2.75) is 31.1 Å². The summed E-state index contributed by atoms with van der Waals surface area (Å²) in [5, 5.41) is 2.88. The molecule has 0 saturated heterocycles. The number of nitrogens with one attached hydrogen (secondary N) is 1. The second-order valence-electron chi connectivity index (χ2n) is 4.93. The van der Waals surface area contributed by atoms with Crippen molar-refractivity contribution in [1.29, 1.82) is 0 Å². The Morgan fingerprint density at radius 2 is 2.11 bits per heavy atom. The van der Waals surface area contributed by atoms with Gasteiger partial charge in [-0.3, -0.25) is 4.79 Å². The third-order valence-electron chi connectivity index (χ3n) is 3.53. The van der Waals surface area contributed by atoms with Crippen LogP contribution in [0.3, 0.4) is 0 Å². The molecule has 1 saturated carbocycles. The largest absolute Gasteiger partial charge is 0.355 e. The van der Waals surface area contributed by atoms with Gasteiger partial charge < -0.3 is 11.1 Å². The van der Waals surface area contributed by atoms with Crippen LogP contribution in [-0.4, -0.2) is 19.0 Å². The Bertz CT molecular complexity index is 430. The van der Waals surface area contributed by atoms with E-state index in [9.17, 15) is 9.18 Å². The smallest absolute Gasteiger partial charge is 0.220 e. The van der Waals surface area contributed by atoms with Gasteiger partial charge in [-0.2, -0.15) is 0 Å². The quantitative estimate of drug-likeness (QED) is 0.807. The first kappa shape index (κ1) is 13.0. The van der Waals surface area contributed by atoms with E-state index in [-0.39, 0.29) is 17.1 Å². The van der Waals surface area contributed by atoms with Crippen molar-refractivity contribution >= 4 is 5.91 Å². The SMILES string of the molecule is NCCCC(=O)NCC1(c2ccccc2F)CC1. The van der Waals surface area contributed by atoms with Crippen LogP contribution in [-0.2, 0) is 10.2 Å². The zero-order valence-electron chi connectivity index (χ0n) is 10.4. The molecule has 18 heavy (non-hydrogen) atoms. The van der Waals surface area contributed by atoms with Gasteiger partial charge in [-0.15, -0.1) is 0 Å². The van der Waals surface area contributed by atoms with Gasteiger partial charge in [0.25, 0.3) is 0 Å². The molecule has 1 aromatic carbocycles. The fraction of sp³-hybridized carbons (Fsp3) is 0.500. The van der Waals surface area contributed by atoms with E-state index in [1.165, 1.54) is 6.07 Å². The van der Waals surface area contributed by atoms with Crippen molar-refractivity contribution in [2.75, 3.05) is 13.1 Å². The van der Waals surface area contributed by atoms with Gasteiger partial charge in [0.15, 0.2) is 0 Å². The number of hydrogen-bond acceptors (Lipinski definition) is 2. The van der Waals surface area contributed by atoms with Gasteiger partial charge in [0.2, 0.25) is 5.91 Å². The molecule has 98 valence electrons. The summed E-state index contributed by atoms with van der Waals surface area (Å²) in [5.41, 5.74) is 5.90. The highest BCUT2D eigenvalue weighted by Gasteiger charge is 2.45. The van der Waals surface area contributed by atoms with Gasteiger partial charge in [-0.1, -0.05) is 18.2 Å². The summed E-state index contributed by atoms with van der Waals surface area (Å²) in [6.07, 6.45) is 3.01. The lowest BCUT2D eigenvalue weighted by Gasteiger charge is -2.17. The number of amides is 1. The molecule has 0 spiro atoms. The molecule has 1 aliphatic rings. The van der Waals surface area contributed by atoms with Gasteiger partial charge in [0, 0.05) is 18.4 Å². The second-order valence-corrected chi connectivity index (χ2v) is 4.93. The van der Waals surface area contributed by atoms with Crippen LogP contribution in [0.2, 0.25) is 0 Å². The van der Waals surface area contributed by atoms with Crippen molar-refractivity contribution in [3.05, 3.63) is 35.6 Å². The number of carbonyl (C=O) groups excluding carboxylic acids is 1. The minimum atomic E-state index is -0.177. The molecule has 3 nitrogen and oxygen atoms in total. The van der Waals surface area contributed by atoms with Crippen molar-refractivity contribution in [3.63, 3.8) is 0 Å². The Kier molecular flexibility index (Phi) is 3.97. The van der Waals surface area contributed by atoms with Crippen molar-refractivity contribution in [3.8, 4) is 0 Å². The zero-order chi connectivity index (χ0) is 13.0. The Morgan fingerprint density at radius 1 is 1.39 bits per heavy atom. The van der Waals surface area contributed by atoms with E-state index in [1.807, 2.05) is 12.1 Å². The molecule has 1 aliphatic carbocycles. The second kappa shape index (κ2) is 5.48. The molecular weight excluding hydrogens is 231 g/mol. The highest BCUT2D eigenvalue weighted by Crippen LogP contribution is 2.48. The maximum atomic E-state index is 13.7. The third-order valence-corrected chi connectivity index (χ3v) is 3.53. The number of hydrogen-bond donors (Lipinski definition) is 2. The van der Waals surface area contributed by atoms with Crippen LogP contribution in [0.25, 0.3) is 0 Å². The first-order valence-corrected chi connectivity index (χ1v) is 6.40. The molecule has 2 rings (SSSR count). The van der Waals surface area contributed by atoms with Gasteiger partial charge >= 0.3 is 0 Å². The van der Waals surface area contributed by atoms with Crippen LogP contribution in [0.4, 0.5) is 4.39 Å². The topological polar surface area (TPSA) is 55.1 Å². The fourth-order valence-electron chi connectivity index (χ4n) is 2.20. The predicted molar refractivity (Wildman–Crippen MR) is 68.6 cm³/mol. The monoisotopic (exact) mass is 250 g/mol. The molecule has 0 heterocycles. The molecule has 0 aromatic heterocycles. The molecule has 1 fully saturated rings. The summed E-state index contributed by atoms with van der Waals surface area (Å²) in [7, 11) is 0. The number of rotatable bonds is 6. The maximum absolute atomic E-state index is 13.7. The fourth-order valence-corrected chi connectivity index (χ4v) is 2.20. The molecule has 1 aromatic rings. The van der Waals surface area contributed by atoms with Crippen LogP contribution in [0.1, 0.15) is 31.2 Å². The molecule has 0 aliphatic heterocycles. The van der Waals surface area contributed by atoms with E-state index in [0.717, 1.165) is 18.4 Å². The average molecular weight is 250 g/mol. The van der Waals surface area contributed by atoms with Crippen LogP contribution >= 0.6 is 0 Å². The third kappa shape index (κ3) is 2.88. The molecule has 0 unspecified atom stereocenters. The van der Waals surface area contributed by atoms with Crippen LogP contribution in [0, 0.1) is 5.82 Å². The lowest BCUT2D eigenvalue weighted by atomic mass is 9.95. The molecule has 1 amide bonds. The van der Waals surface area contributed by atoms with Crippen LogP contribution in [0.15, 0.2) is 24.3 Å². The average Bonchev–Trinajstić information content (AvgIpc) is 3.15. The predicted octanol–water partition coefficient (Wildman–Crippen LogP) is 1.71. The number of benzene rings is 1. The highest BCUT2D eigenvalue weighted by atomic mass is 19.1. The Morgan fingerprint density at radius 3 is 2.72 bits per heavy atom. The lowest BCUT2D eigenvalue weighted by Crippen LogP contribution is -2.32. The maximum Gasteiger partial charge on any atom is 0.220 e. The van der Waals surface area contributed by atoms with E-state index >= 15 is 0 Å². The summed E-state index contributed by atoms with van der Waals surface area (Å²) in [5.74, 6) is -0.172. The minimum Gasteiger partial charge on any atom is -0.355 e. The molecule has 3 N–H and O–H groups in total. The van der Waals surface area contributed by atoms with Crippen molar-refractivity contribution in [1.82, 2.24) is 5.32 Å². The van der Waals surface area contributed by atoms with Gasteiger partial charge in [-0.05, 0) is 37.4 Å². The summed E-state index contributed by atoms with van der Waals surface area (Å²) < 4.78 is 13.7. The lowest BCUT2D eigenvalue weighted by molar-refractivity contribution is -0.121. The van der Waals surface area contributed by atoms with E-state index in [1.54, 1.807) is 6.07 Å². The van der Waals surface area contributed by atoms with Crippen LogP contribution < -0.4 is 11.1 Å². The van der Waals surface area contributed by atoms with Crippen molar-refractivity contribution in [2.24, 2.45) is 5.73 Å². The van der Waals surface area contributed by atoms with Gasteiger partial charge in [0.05, 0.1) is 0 Å². The van der Waals surface area contributed by atoms with Gasteiger partial charge in [-0.25, -0.2) is 4.39 Å². The van der Waals surface area contributed by atoms with E-state index < -0.39 is 0 Å². The Labute approximate surface area is 107 Å². The summed E-state index contributed by atoms with van der Waals surface area (Å²) in [4.78, 5) is 11.5. The first-order valence-electron chi connectivity index (χ1n) is 6.40. The number of carbonyl (C=O) groups is 1. The summed E-state index contributed by atoms with van der Waals surface area (Å²) in [6, 6.07) is 6.82. The van der Waals surface area contributed by atoms with Gasteiger partial charge in [0.1, 0.15) is 5.82 Å². The number of nitrogens with two attached hydrogens (primary N) is 1. The Balaban J connectivity index is 1.93. The summed E-state index contributed by atoms with van der Waals surface area (Å²) in [6.45, 7) is 1.04. The normalized spacial score (nSPS) is 16.3. The molecule has 0 atom stereocenters. The highest BCUT2D eigenvalue weighted by molar-refractivity contribution is 5.76.